The van der Waals surface area contributed by atoms with Gasteiger partial charge in [0.15, 0.2) is 5.65 Å². The number of nitrogens with one attached hydrogen (secondary N) is 1. The van der Waals surface area contributed by atoms with Gasteiger partial charge in [-0.15, -0.1) is 0 Å². The molecule has 0 bridgehead atoms. The van der Waals surface area contributed by atoms with E-state index in [1.165, 1.54) is 12.4 Å². The number of hydrogen-bond acceptors (Lipinski definition) is 5. The zero-order valence-electron chi connectivity index (χ0n) is 13.8. The zero-order chi connectivity index (χ0) is 17.4. The van der Waals surface area contributed by atoms with Gasteiger partial charge in [0.25, 0.3) is 0 Å². The van der Waals surface area contributed by atoms with E-state index in [-0.39, 0.29) is 5.82 Å². The third-order valence-corrected chi connectivity index (χ3v) is 4.14. The number of hydrogen-bond donors (Lipinski definition) is 1. The molecule has 0 spiro atoms. The molecule has 0 saturated carbocycles. The second-order valence-electron chi connectivity index (χ2n) is 5.72. The van der Waals surface area contributed by atoms with Gasteiger partial charge in [0, 0.05) is 32.1 Å². The van der Waals surface area contributed by atoms with Crippen molar-refractivity contribution in [2.45, 2.75) is 6.04 Å². The van der Waals surface area contributed by atoms with Crippen LogP contribution in [0.5, 0.6) is 0 Å². The fourth-order valence-corrected chi connectivity index (χ4v) is 2.86. The zero-order valence-corrected chi connectivity index (χ0v) is 13.8. The molecule has 0 saturated heterocycles. The fraction of sp³-hybridized carbons (Fsp3) is 0.176. The molecule has 8 heteroatoms. The highest BCUT2D eigenvalue weighted by molar-refractivity contribution is 5.86. The van der Waals surface area contributed by atoms with Gasteiger partial charge in [0.1, 0.15) is 29.8 Å². The van der Waals surface area contributed by atoms with Crippen molar-refractivity contribution in [2.24, 2.45) is 14.1 Å². The summed E-state index contributed by atoms with van der Waals surface area (Å²) in [5, 5.41) is 8.29. The standard InChI is InChI=1S/C17H16FN7/c1-24-8-7-19-17(24)14(11-5-3-4-6-13(11)18)23-15-12-9-22-25(2)16(12)21-10-20-15/h3-10,14H,1-2H3,(H,20,21,23). The Morgan fingerprint density at radius 2 is 1.96 bits per heavy atom. The Bertz CT molecular complexity index is 1040. The van der Waals surface area contributed by atoms with Gasteiger partial charge in [-0.2, -0.15) is 5.10 Å². The smallest absolute Gasteiger partial charge is 0.163 e. The molecule has 0 fully saturated rings. The number of nitrogens with zero attached hydrogens (tertiary/aromatic N) is 6. The lowest BCUT2D eigenvalue weighted by atomic mass is 10.1. The highest BCUT2D eigenvalue weighted by Crippen LogP contribution is 2.29. The SMILES string of the molecule is Cn1ccnc1C(Nc1ncnc2c1cnn2C)c1ccccc1F. The van der Waals surface area contributed by atoms with Gasteiger partial charge in [-0.25, -0.2) is 19.3 Å². The molecule has 4 aromatic rings. The molecule has 1 aromatic carbocycles. The number of anilines is 1. The molecule has 0 aliphatic heterocycles. The van der Waals surface area contributed by atoms with Crippen molar-refractivity contribution in [2.75, 3.05) is 5.32 Å². The van der Waals surface area contributed by atoms with Gasteiger partial charge in [0.05, 0.1) is 11.6 Å². The summed E-state index contributed by atoms with van der Waals surface area (Å²) < 4.78 is 18.0. The van der Waals surface area contributed by atoms with Gasteiger partial charge >= 0.3 is 0 Å². The molecular weight excluding hydrogens is 321 g/mol. The summed E-state index contributed by atoms with van der Waals surface area (Å²) in [7, 11) is 3.68. The molecule has 1 unspecified atom stereocenters. The van der Waals surface area contributed by atoms with E-state index in [2.05, 4.69) is 25.4 Å². The molecule has 0 amide bonds. The first kappa shape index (κ1) is 15.3. The van der Waals surface area contributed by atoms with E-state index in [1.54, 1.807) is 35.3 Å². The Morgan fingerprint density at radius 1 is 1.12 bits per heavy atom. The monoisotopic (exact) mass is 337 g/mol. The summed E-state index contributed by atoms with van der Waals surface area (Å²) in [4.78, 5) is 12.9. The molecule has 3 aromatic heterocycles. The van der Waals surface area contributed by atoms with Crippen LogP contribution in [0, 0.1) is 5.82 Å². The normalized spacial score (nSPS) is 12.4. The quantitative estimate of drug-likeness (QED) is 0.619. The molecule has 1 N–H and O–H groups in total. The molecule has 4 rings (SSSR count). The van der Waals surface area contributed by atoms with E-state index < -0.39 is 6.04 Å². The Kier molecular flexibility index (Phi) is 3.64. The van der Waals surface area contributed by atoms with Crippen LogP contribution < -0.4 is 5.32 Å². The molecule has 0 aliphatic carbocycles. The lowest BCUT2D eigenvalue weighted by Gasteiger charge is -2.20. The maximum Gasteiger partial charge on any atom is 0.163 e. The molecule has 126 valence electrons. The Morgan fingerprint density at radius 3 is 2.72 bits per heavy atom. The average molecular weight is 337 g/mol. The number of fused-ring (bicyclic) bond motifs is 1. The highest BCUT2D eigenvalue weighted by atomic mass is 19.1. The molecule has 25 heavy (non-hydrogen) atoms. The summed E-state index contributed by atoms with van der Waals surface area (Å²) in [5.74, 6) is 0.953. The predicted molar refractivity (Wildman–Crippen MR) is 91.4 cm³/mol. The van der Waals surface area contributed by atoms with Crippen LogP contribution in [0.25, 0.3) is 11.0 Å². The minimum atomic E-state index is -0.500. The van der Waals surface area contributed by atoms with Gasteiger partial charge in [-0.3, -0.25) is 4.68 Å². The molecule has 0 radical (unpaired) electrons. The Balaban J connectivity index is 1.84. The summed E-state index contributed by atoms with van der Waals surface area (Å²) in [5.41, 5.74) is 1.19. The second-order valence-corrected chi connectivity index (χ2v) is 5.72. The summed E-state index contributed by atoms with van der Waals surface area (Å²) in [6.07, 6.45) is 6.66. The van der Waals surface area contributed by atoms with Gasteiger partial charge in [-0.05, 0) is 6.07 Å². The van der Waals surface area contributed by atoms with Crippen LogP contribution in [0.2, 0.25) is 0 Å². The van der Waals surface area contributed by atoms with Crippen molar-refractivity contribution in [1.82, 2.24) is 29.3 Å². The van der Waals surface area contributed by atoms with Crippen molar-refractivity contribution >= 4 is 16.9 Å². The summed E-state index contributed by atoms with van der Waals surface area (Å²) >= 11 is 0. The predicted octanol–water partition coefficient (Wildman–Crippen LogP) is 2.44. The summed E-state index contributed by atoms with van der Waals surface area (Å²) in [6.45, 7) is 0. The van der Waals surface area contributed by atoms with E-state index in [1.807, 2.05) is 24.9 Å². The van der Waals surface area contributed by atoms with Crippen molar-refractivity contribution in [3.8, 4) is 0 Å². The van der Waals surface area contributed by atoms with Crippen LogP contribution >= 0.6 is 0 Å². The third kappa shape index (κ3) is 2.61. The fourth-order valence-electron chi connectivity index (χ4n) is 2.86. The molecule has 1 atom stereocenters. The number of imidazole rings is 1. The van der Waals surface area contributed by atoms with Crippen LogP contribution in [0.1, 0.15) is 17.4 Å². The first-order chi connectivity index (χ1) is 12.1. The van der Waals surface area contributed by atoms with Crippen molar-refractivity contribution in [1.29, 1.82) is 0 Å². The average Bonchev–Trinajstić information content (AvgIpc) is 3.20. The van der Waals surface area contributed by atoms with Crippen LogP contribution in [-0.2, 0) is 14.1 Å². The maximum absolute atomic E-state index is 14.5. The number of halogens is 1. The van der Waals surface area contributed by atoms with Crippen molar-refractivity contribution < 1.29 is 4.39 Å². The number of benzene rings is 1. The van der Waals surface area contributed by atoms with Crippen LogP contribution in [-0.4, -0.2) is 29.3 Å². The molecule has 7 nitrogen and oxygen atoms in total. The van der Waals surface area contributed by atoms with Gasteiger partial charge < -0.3 is 9.88 Å². The minimum Gasteiger partial charge on any atom is -0.355 e. The van der Waals surface area contributed by atoms with Crippen LogP contribution in [0.15, 0.2) is 49.2 Å². The molecule has 0 aliphatic rings. The van der Waals surface area contributed by atoms with E-state index >= 15 is 0 Å². The minimum absolute atomic E-state index is 0.306. The largest absolute Gasteiger partial charge is 0.355 e. The first-order valence-corrected chi connectivity index (χ1v) is 7.76. The molecular formula is C17H16FN7. The van der Waals surface area contributed by atoms with Crippen LogP contribution in [0.3, 0.4) is 0 Å². The van der Waals surface area contributed by atoms with Crippen LogP contribution in [0.4, 0.5) is 10.2 Å². The van der Waals surface area contributed by atoms with E-state index in [4.69, 9.17) is 0 Å². The van der Waals surface area contributed by atoms with Gasteiger partial charge in [-0.1, -0.05) is 18.2 Å². The van der Waals surface area contributed by atoms with E-state index in [0.29, 0.717) is 22.9 Å². The van der Waals surface area contributed by atoms with E-state index in [0.717, 1.165) is 5.39 Å². The lowest BCUT2D eigenvalue weighted by Crippen LogP contribution is -2.19. The number of aryl methyl sites for hydroxylation is 2. The topological polar surface area (TPSA) is 73.5 Å². The third-order valence-electron chi connectivity index (χ3n) is 4.14. The number of rotatable bonds is 4. The Labute approximate surface area is 143 Å². The van der Waals surface area contributed by atoms with E-state index in [9.17, 15) is 4.39 Å². The van der Waals surface area contributed by atoms with Crippen molar-refractivity contribution in [3.63, 3.8) is 0 Å². The Hall–Kier alpha value is -3.29. The lowest BCUT2D eigenvalue weighted by molar-refractivity contribution is 0.596. The first-order valence-electron chi connectivity index (χ1n) is 7.76. The summed E-state index contributed by atoms with van der Waals surface area (Å²) in [6, 6.07) is 6.14. The number of aromatic nitrogens is 6. The highest BCUT2D eigenvalue weighted by Gasteiger charge is 2.23. The van der Waals surface area contributed by atoms with Crippen molar-refractivity contribution in [3.05, 3.63) is 66.4 Å². The van der Waals surface area contributed by atoms with Gasteiger partial charge in [0.2, 0.25) is 0 Å². The maximum atomic E-state index is 14.5. The second kappa shape index (κ2) is 5.97. The molecule has 3 heterocycles.